The predicted molar refractivity (Wildman–Crippen MR) is 35.8 cm³/mol. The van der Waals surface area contributed by atoms with E-state index >= 15 is 0 Å². The molecular formula is C5H3F2N3S. The highest BCUT2D eigenvalue weighted by Gasteiger charge is 2.12. The molecule has 0 fully saturated rings. The van der Waals surface area contributed by atoms with Crippen LogP contribution in [0.5, 0.6) is 0 Å². The molecule has 0 bridgehead atoms. The van der Waals surface area contributed by atoms with Gasteiger partial charge in [-0.3, -0.25) is 0 Å². The van der Waals surface area contributed by atoms with E-state index in [2.05, 4.69) is 10.1 Å². The van der Waals surface area contributed by atoms with Crippen molar-refractivity contribution >= 4 is 16.3 Å². The monoisotopic (exact) mass is 175 g/mol. The van der Waals surface area contributed by atoms with Crippen LogP contribution in [0.15, 0.2) is 11.7 Å². The van der Waals surface area contributed by atoms with Gasteiger partial charge in [0.05, 0.1) is 6.20 Å². The largest absolute Gasteiger partial charge is 0.282 e. The van der Waals surface area contributed by atoms with Gasteiger partial charge in [0.1, 0.15) is 11.2 Å². The van der Waals surface area contributed by atoms with E-state index < -0.39 is 6.43 Å². The van der Waals surface area contributed by atoms with Gasteiger partial charge in [-0.1, -0.05) is 11.3 Å². The van der Waals surface area contributed by atoms with Gasteiger partial charge in [0.15, 0.2) is 0 Å². The molecule has 0 atom stereocenters. The number of rotatable bonds is 1. The smallest absolute Gasteiger partial charge is 0.216 e. The Bertz CT molecular complexity index is 338. The number of nitrogens with zero attached hydrogens (tertiary/aromatic N) is 3. The zero-order valence-corrected chi connectivity index (χ0v) is 6.05. The maximum Gasteiger partial charge on any atom is 0.282 e. The molecule has 0 unspecified atom stereocenters. The highest BCUT2D eigenvalue weighted by molar-refractivity contribution is 7.14. The molecule has 3 nitrogen and oxygen atoms in total. The third kappa shape index (κ3) is 0.988. The van der Waals surface area contributed by atoms with Crippen LogP contribution in [0.1, 0.15) is 12.1 Å². The SMILES string of the molecule is FC(F)c1cn2ncsc2n1. The molecule has 0 saturated carbocycles. The average Bonchev–Trinajstić information content (AvgIpc) is 2.40. The fourth-order valence-corrected chi connectivity index (χ4v) is 1.37. The molecule has 2 aromatic rings. The summed E-state index contributed by atoms with van der Waals surface area (Å²) in [5.41, 5.74) is 1.33. The molecule has 0 spiro atoms. The first kappa shape index (κ1) is 6.66. The van der Waals surface area contributed by atoms with Crippen molar-refractivity contribution in [2.45, 2.75) is 6.43 Å². The lowest BCUT2D eigenvalue weighted by Crippen LogP contribution is -1.82. The van der Waals surface area contributed by atoms with Crippen molar-refractivity contribution in [1.29, 1.82) is 0 Å². The number of hydrogen-bond donors (Lipinski definition) is 0. The highest BCUT2D eigenvalue weighted by Crippen LogP contribution is 2.18. The van der Waals surface area contributed by atoms with Crippen molar-refractivity contribution < 1.29 is 8.78 Å². The molecule has 0 aliphatic rings. The summed E-state index contributed by atoms with van der Waals surface area (Å²) < 4.78 is 25.3. The van der Waals surface area contributed by atoms with E-state index in [9.17, 15) is 8.78 Å². The molecule has 0 saturated heterocycles. The van der Waals surface area contributed by atoms with Gasteiger partial charge in [-0.25, -0.2) is 18.3 Å². The maximum absolute atomic E-state index is 12.0. The van der Waals surface area contributed by atoms with Gasteiger partial charge in [-0.05, 0) is 0 Å². The standard InChI is InChI=1S/C5H3F2N3S/c6-4(7)3-1-10-5(9-3)11-2-8-10/h1-2,4H. The molecule has 2 heterocycles. The van der Waals surface area contributed by atoms with Crippen LogP contribution in [0.4, 0.5) is 8.78 Å². The van der Waals surface area contributed by atoms with Crippen LogP contribution in [0.3, 0.4) is 0 Å². The van der Waals surface area contributed by atoms with E-state index in [1.54, 1.807) is 5.51 Å². The summed E-state index contributed by atoms with van der Waals surface area (Å²) in [5.74, 6) is 0. The first-order valence-electron chi connectivity index (χ1n) is 2.84. The normalized spacial score (nSPS) is 11.5. The van der Waals surface area contributed by atoms with Crippen LogP contribution in [0.2, 0.25) is 0 Å². The van der Waals surface area contributed by atoms with E-state index in [1.807, 2.05) is 0 Å². The molecule has 0 aliphatic carbocycles. The molecule has 0 N–H and O–H groups in total. The van der Waals surface area contributed by atoms with Gasteiger partial charge < -0.3 is 0 Å². The summed E-state index contributed by atoms with van der Waals surface area (Å²) in [6.45, 7) is 0. The number of alkyl halides is 2. The Morgan fingerprint density at radius 2 is 2.36 bits per heavy atom. The van der Waals surface area contributed by atoms with Crippen LogP contribution in [0, 0.1) is 0 Å². The van der Waals surface area contributed by atoms with Gasteiger partial charge in [0, 0.05) is 0 Å². The van der Waals surface area contributed by atoms with Crippen molar-refractivity contribution in [2.24, 2.45) is 0 Å². The fraction of sp³-hybridized carbons (Fsp3) is 0.200. The Hall–Kier alpha value is -1.04. The summed E-state index contributed by atoms with van der Waals surface area (Å²) in [7, 11) is 0. The van der Waals surface area contributed by atoms with Gasteiger partial charge in [-0.2, -0.15) is 5.10 Å². The first-order chi connectivity index (χ1) is 5.27. The van der Waals surface area contributed by atoms with Crippen LogP contribution >= 0.6 is 11.3 Å². The topological polar surface area (TPSA) is 30.2 Å². The van der Waals surface area contributed by atoms with E-state index in [1.165, 1.54) is 22.0 Å². The van der Waals surface area contributed by atoms with E-state index in [-0.39, 0.29) is 5.69 Å². The number of aromatic nitrogens is 3. The summed E-state index contributed by atoms with van der Waals surface area (Å²) in [6.07, 6.45) is -1.28. The summed E-state index contributed by atoms with van der Waals surface area (Å²) in [4.78, 5) is 4.14. The second kappa shape index (κ2) is 2.23. The molecule has 6 heteroatoms. The Kier molecular flexibility index (Phi) is 1.35. The minimum atomic E-state index is -2.51. The number of halogens is 2. The van der Waals surface area contributed by atoms with Crippen molar-refractivity contribution in [1.82, 2.24) is 14.6 Å². The third-order valence-corrected chi connectivity index (χ3v) is 1.92. The minimum Gasteiger partial charge on any atom is -0.216 e. The number of imidazole rings is 1. The second-order valence-electron chi connectivity index (χ2n) is 1.93. The Balaban J connectivity index is 2.58. The van der Waals surface area contributed by atoms with Crippen molar-refractivity contribution in [3.05, 3.63) is 17.4 Å². The zero-order chi connectivity index (χ0) is 7.84. The molecule has 58 valence electrons. The lowest BCUT2D eigenvalue weighted by atomic mass is 10.5. The second-order valence-corrected chi connectivity index (χ2v) is 2.74. The van der Waals surface area contributed by atoms with E-state index in [0.717, 1.165) is 0 Å². The lowest BCUT2D eigenvalue weighted by Gasteiger charge is -1.86. The molecule has 0 aromatic carbocycles. The predicted octanol–water partition coefficient (Wildman–Crippen LogP) is 1.73. The zero-order valence-electron chi connectivity index (χ0n) is 5.24. The summed E-state index contributed by atoms with van der Waals surface area (Å²) in [5, 5.41) is 3.76. The lowest BCUT2D eigenvalue weighted by molar-refractivity contribution is 0.146. The fourth-order valence-electron chi connectivity index (χ4n) is 0.761. The molecule has 0 aliphatic heterocycles. The Morgan fingerprint density at radius 3 is 3.00 bits per heavy atom. The maximum atomic E-state index is 12.0. The average molecular weight is 175 g/mol. The van der Waals surface area contributed by atoms with Crippen LogP contribution in [-0.4, -0.2) is 14.6 Å². The van der Waals surface area contributed by atoms with Gasteiger partial charge in [0.2, 0.25) is 4.96 Å². The Labute approximate surface area is 64.3 Å². The van der Waals surface area contributed by atoms with E-state index in [0.29, 0.717) is 4.96 Å². The van der Waals surface area contributed by atoms with Crippen molar-refractivity contribution in [3.8, 4) is 0 Å². The molecule has 0 radical (unpaired) electrons. The highest BCUT2D eigenvalue weighted by atomic mass is 32.1. The van der Waals surface area contributed by atoms with Crippen LogP contribution in [0.25, 0.3) is 4.96 Å². The van der Waals surface area contributed by atoms with Gasteiger partial charge >= 0.3 is 0 Å². The summed E-state index contributed by atoms with van der Waals surface area (Å²) >= 11 is 1.23. The molecule has 2 rings (SSSR count). The molecule has 11 heavy (non-hydrogen) atoms. The van der Waals surface area contributed by atoms with E-state index in [4.69, 9.17) is 0 Å². The Morgan fingerprint density at radius 1 is 1.55 bits per heavy atom. The van der Waals surface area contributed by atoms with Crippen molar-refractivity contribution in [2.75, 3.05) is 0 Å². The minimum absolute atomic E-state index is 0.218. The molecule has 0 amide bonds. The van der Waals surface area contributed by atoms with Crippen LogP contribution in [-0.2, 0) is 0 Å². The number of hydrogen-bond acceptors (Lipinski definition) is 3. The summed E-state index contributed by atoms with van der Waals surface area (Å²) in [6, 6.07) is 0. The van der Waals surface area contributed by atoms with Gasteiger partial charge in [-0.15, -0.1) is 0 Å². The van der Waals surface area contributed by atoms with Gasteiger partial charge in [0.25, 0.3) is 6.43 Å². The quantitative estimate of drug-likeness (QED) is 0.660. The molecule has 2 aromatic heterocycles. The third-order valence-electron chi connectivity index (χ3n) is 1.23. The van der Waals surface area contributed by atoms with Crippen molar-refractivity contribution in [3.63, 3.8) is 0 Å². The number of fused-ring (bicyclic) bond motifs is 1. The van der Waals surface area contributed by atoms with Crippen LogP contribution < -0.4 is 0 Å². The molecular weight excluding hydrogens is 172 g/mol. The first-order valence-corrected chi connectivity index (χ1v) is 3.72.